The first-order chi connectivity index (χ1) is 11.8. The lowest BCUT2D eigenvalue weighted by Gasteiger charge is -2.35. The van der Waals surface area contributed by atoms with Crippen molar-refractivity contribution >= 4 is 17.8 Å². The van der Waals surface area contributed by atoms with Crippen LogP contribution in [0.15, 0.2) is 12.3 Å². The van der Waals surface area contributed by atoms with Gasteiger partial charge in [-0.15, -0.1) is 0 Å². The van der Waals surface area contributed by atoms with Crippen molar-refractivity contribution in [3.8, 4) is 0 Å². The number of halogens is 3. The summed E-state index contributed by atoms with van der Waals surface area (Å²) in [7, 11) is 0. The highest BCUT2D eigenvalue weighted by molar-refractivity contribution is 6.01. The minimum atomic E-state index is -4.49. The van der Waals surface area contributed by atoms with Crippen LogP contribution in [0.25, 0.3) is 0 Å². The van der Waals surface area contributed by atoms with Crippen molar-refractivity contribution in [1.29, 1.82) is 0 Å². The van der Waals surface area contributed by atoms with E-state index in [0.717, 1.165) is 12.3 Å². The highest BCUT2D eigenvalue weighted by Gasteiger charge is 2.34. The van der Waals surface area contributed by atoms with Gasteiger partial charge in [0.15, 0.2) is 0 Å². The number of amides is 2. The molecule has 0 atom stereocenters. The van der Waals surface area contributed by atoms with E-state index in [1.54, 1.807) is 4.90 Å². The van der Waals surface area contributed by atoms with Gasteiger partial charge in [-0.25, -0.2) is 9.97 Å². The van der Waals surface area contributed by atoms with Crippen molar-refractivity contribution < 1.29 is 22.8 Å². The predicted molar refractivity (Wildman–Crippen MR) is 81.6 cm³/mol. The van der Waals surface area contributed by atoms with Gasteiger partial charge in [-0.2, -0.15) is 13.2 Å². The van der Waals surface area contributed by atoms with Crippen LogP contribution < -0.4 is 4.90 Å². The molecule has 0 spiro atoms. The third kappa shape index (κ3) is 4.06. The van der Waals surface area contributed by atoms with E-state index < -0.39 is 11.9 Å². The third-order valence-electron chi connectivity index (χ3n) is 4.38. The summed E-state index contributed by atoms with van der Waals surface area (Å²) < 4.78 is 38.2. The molecule has 0 N–H and O–H groups in total. The minimum Gasteiger partial charge on any atom is -0.338 e. The number of rotatable bonds is 4. The molecule has 3 rings (SSSR count). The molecular weight excluding hydrogens is 339 g/mol. The van der Waals surface area contributed by atoms with E-state index in [1.165, 1.54) is 4.90 Å². The Morgan fingerprint density at radius 1 is 1.00 bits per heavy atom. The molecule has 1 aromatic heterocycles. The molecule has 1 aromatic rings. The summed E-state index contributed by atoms with van der Waals surface area (Å²) in [6.07, 6.45) is -2.82. The minimum absolute atomic E-state index is 0.0689. The molecule has 2 fully saturated rings. The highest BCUT2D eigenvalue weighted by atomic mass is 19.4. The van der Waals surface area contributed by atoms with Crippen molar-refractivity contribution in [2.24, 2.45) is 0 Å². The normalized spacial score (nSPS) is 19.8. The largest absolute Gasteiger partial charge is 0.433 e. The number of piperazine rings is 1. The Kier molecular flexibility index (Phi) is 4.89. The standard InChI is InChI=1S/C15H18F3N5O2/c16-15(17,18)11-3-4-19-14(20-11)22-8-5-21(6-9-22)7-10-23-12(24)1-2-13(23)25/h3-4H,1-2,5-10H2. The summed E-state index contributed by atoms with van der Waals surface area (Å²) in [6, 6.07) is 0.851. The molecule has 0 saturated carbocycles. The molecule has 2 saturated heterocycles. The maximum Gasteiger partial charge on any atom is 0.433 e. The van der Waals surface area contributed by atoms with E-state index in [9.17, 15) is 22.8 Å². The Balaban J connectivity index is 1.52. The van der Waals surface area contributed by atoms with Crippen LogP contribution in [0.2, 0.25) is 0 Å². The van der Waals surface area contributed by atoms with Crippen LogP contribution in [0, 0.1) is 0 Å². The van der Waals surface area contributed by atoms with Crippen LogP contribution in [0.1, 0.15) is 18.5 Å². The second-order valence-electron chi connectivity index (χ2n) is 6.01. The fraction of sp³-hybridized carbons (Fsp3) is 0.600. The molecule has 0 aromatic carbocycles. The molecule has 25 heavy (non-hydrogen) atoms. The second-order valence-corrected chi connectivity index (χ2v) is 6.01. The number of hydrogen-bond acceptors (Lipinski definition) is 6. The van der Waals surface area contributed by atoms with E-state index in [1.807, 2.05) is 0 Å². The molecule has 2 aliphatic heterocycles. The number of aromatic nitrogens is 2. The molecule has 10 heteroatoms. The lowest BCUT2D eigenvalue weighted by Crippen LogP contribution is -2.49. The van der Waals surface area contributed by atoms with Gasteiger partial charge in [-0.05, 0) is 6.07 Å². The Morgan fingerprint density at radius 2 is 1.64 bits per heavy atom. The molecule has 0 unspecified atom stereocenters. The highest BCUT2D eigenvalue weighted by Crippen LogP contribution is 2.28. The van der Waals surface area contributed by atoms with Crippen LogP contribution in [-0.4, -0.2) is 70.9 Å². The summed E-state index contributed by atoms with van der Waals surface area (Å²) in [6.45, 7) is 3.12. The van der Waals surface area contributed by atoms with Crippen molar-refractivity contribution in [2.45, 2.75) is 19.0 Å². The first-order valence-electron chi connectivity index (χ1n) is 8.05. The Bertz CT molecular complexity index is 643. The number of alkyl halides is 3. The lowest BCUT2D eigenvalue weighted by molar-refractivity contribution is -0.141. The molecule has 0 radical (unpaired) electrons. The van der Waals surface area contributed by atoms with Crippen molar-refractivity contribution in [3.05, 3.63) is 18.0 Å². The van der Waals surface area contributed by atoms with Crippen molar-refractivity contribution in [1.82, 2.24) is 19.8 Å². The number of hydrogen-bond donors (Lipinski definition) is 0. The second kappa shape index (κ2) is 6.95. The Hall–Kier alpha value is -2.23. The summed E-state index contributed by atoms with van der Waals surface area (Å²) in [5.74, 6) is -0.207. The molecular formula is C15H18F3N5O2. The molecule has 2 aliphatic rings. The SMILES string of the molecule is O=C1CCC(=O)N1CCN1CCN(c2nccc(C(F)(F)F)n2)CC1. The van der Waals surface area contributed by atoms with E-state index in [-0.39, 0.29) is 30.6 Å². The Labute approximate surface area is 142 Å². The Morgan fingerprint density at radius 3 is 2.24 bits per heavy atom. The number of anilines is 1. The van der Waals surface area contributed by atoms with E-state index >= 15 is 0 Å². The topological polar surface area (TPSA) is 69.6 Å². The molecule has 2 amide bonds. The number of likely N-dealkylation sites (tertiary alicyclic amines) is 1. The van der Waals surface area contributed by atoms with Gasteiger partial charge < -0.3 is 4.90 Å². The first kappa shape index (κ1) is 17.6. The zero-order valence-corrected chi connectivity index (χ0v) is 13.5. The third-order valence-corrected chi connectivity index (χ3v) is 4.38. The van der Waals surface area contributed by atoms with Gasteiger partial charge in [0.1, 0.15) is 5.69 Å². The van der Waals surface area contributed by atoms with Crippen molar-refractivity contribution in [2.75, 3.05) is 44.2 Å². The predicted octanol–water partition coefficient (Wildman–Crippen LogP) is 0.766. The van der Waals surface area contributed by atoms with E-state index in [0.29, 0.717) is 39.3 Å². The fourth-order valence-electron chi connectivity index (χ4n) is 2.94. The number of carbonyl (C=O) groups is 2. The molecule has 7 nitrogen and oxygen atoms in total. The van der Waals surface area contributed by atoms with Crippen LogP contribution in [0.3, 0.4) is 0 Å². The van der Waals surface area contributed by atoms with Gasteiger partial charge in [-0.1, -0.05) is 0 Å². The van der Waals surface area contributed by atoms with Gasteiger partial charge in [-0.3, -0.25) is 19.4 Å². The van der Waals surface area contributed by atoms with Crippen LogP contribution in [-0.2, 0) is 15.8 Å². The van der Waals surface area contributed by atoms with Gasteiger partial charge in [0.25, 0.3) is 0 Å². The number of nitrogens with zero attached hydrogens (tertiary/aromatic N) is 5. The van der Waals surface area contributed by atoms with Gasteiger partial charge >= 0.3 is 6.18 Å². The summed E-state index contributed by atoms with van der Waals surface area (Å²) >= 11 is 0. The monoisotopic (exact) mass is 357 g/mol. The summed E-state index contributed by atoms with van der Waals surface area (Å²) in [4.78, 5) is 35.7. The van der Waals surface area contributed by atoms with E-state index in [4.69, 9.17) is 0 Å². The number of carbonyl (C=O) groups excluding carboxylic acids is 2. The molecule has 0 aliphatic carbocycles. The summed E-state index contributed by atoms with van der Waals surface area (Å²) in [5.41, 5.74) is -0.953. The maximum absolute atomic E-state index is 12.7. The zero-order valence-electron chi connectivity index (χ0n) is 13.5. The molecule has 3 heterocycles. The smallest absolute Gasteiger partial charge is 0.338 e. The zero-order chi connectivity index (χ0) is 18.0. The van der Waals surface area contributed by atoms with Gasteiger partial charge in [0.2, 0.25) is 17.8 Å². The average molecular weight is 357 g/mol. The molecule has 136 valence electrons. The number of imide groups is 1. The van der Waals surface area contributed by atoms with Gasteiger partial charge in [0.05, 0.1) is 0 Å². The maximum atomic E-state index is 12.7. The van der Waals surface area contributed by atoms with Crippen LogP contribution in [0.4, 0.5) is 19.1 Å². The van der Waals surface area contributed by atoms with Crippen molar-refractivity contribution in [3.63, 3.8) is 0 Å². The fourth-order valence-corrected chi connectivity index (χ4v) is 2.94. The first-order valence-corrected chi connectivity index (χ1v) is 8.05. The van der Waals surface area contributed by atoms with Gasteiger partial charge in [0, 0.05) is 58.3 Å². The lowest BCUT2D eigenvalue weighted by atomic mass is 10.3. The summed E-state index contributed by atoms with van der Waals surface area (Å²) in [5, 5.41) is 0. The van der Waals surface area contributed by atoms with Crippen LogP contribution >= 0.6 is 0 Å². The van der Waals surface area contributed by atoms with E-state index in [2.05, 4.69) is 14.9 Å². The molecule has 0 bridgehead atoms. The quantitative estimate of drug-likeness (QED) is 0.742. The average Bonchev–Trinajstić information content (AvgIpc) is 2.91. The van der Waals surface area contributed by atoms with Crippen LogP contribution in [0.5, 0.6) is 0 Å².